The van der Waals surface area contributed by atoms with E-state index in [4.69, 9.17) is 10.2 Å². The van der Waals surface area contributed by atoms with Crippen molar-refractivity contribution < 1.29 is 22.4 Å². The molecule has 0 aliphatic carbocycles. The molecule has 0 amide bonds. The van der Waals surface area contributed by atoms with E-state index in [9.17, 15) is 13.2 Å². The third-order valence-electron chi connectivity index (χ3n) is 3.13. The van der Waals surface area contributed by atoms with E-state index >= 15 is 0 Å². The van der Waals surface area contributed by atoms with E-state index in [1.165, 1.54) is 13.2 Å². The fraction of sp³-hybridized carbons (Fsp3) is 0.643. The highest BCUT2D eigenvalue weighted by molar-refractivity contribution is 7.89. The Hall–Kier alpha value is -1.09. The number of hydrogen-bond donors (Lipinski definition) is 2. The summed E-state index contributed by atoms with van der Waals surface area (Å²) in [6.45, 7) is 5.91. The largest absolute Gasteiger partial charge is 0.463 e. The zero-order valence-electron chi connectivity index (χ0n) is 13.8. The van der Waals surface area contributed by atoms with Crippen LogP contribution in [0.25, 0.3) is 0 Å². The predicted octanol–water partition coefficient (Wildman–Crippen LogP) is 1.70. The molecule has 0 aliphatic heterocycles. The van der Waals surface area contributed by atoms with Crippen LogP contribution in [0.1, 0.15) is 43.5 Å². The molecule has 3 N–H and O–H groups in total. The molecule has 23 heavy (non-hydrogen) atoms. The maximum atomic E-state index is 12.5. The maximum Gasteiger partial charge on any atom is 0.373 e. The topological polar surface area (TPSA) is 112 Å². The normalized spacial score (nSPS) is 12.8. The molecule has 0 bridgehead atoms. The summed E-state index contributed by atoms with van der Waals surface area (Å²) < 4.78 is 37.4. The Balaban J connectivity index is 0.00000484. The van der Waals surface area contributed by atoms with Gasteiger partial charge in [0.25, 0.3) is 0 Å². The van der Waals surface area contributed by atoms with Crippen molar-refractivity contribution in [1.29, 1.82) is 0 Å². The minimum absolute atomic E-state index is 0. The Bertz CT molecular complexity index is 613. The van der Waals surface area contributed by atoms with E-state index in [1.54, 1.807) is 6.92 Å². The Morgan fingerprint density at radius 1 is 1.43 bits per heavy atom. The molecule has 0 aliphatic rings. The highest BCUT2D eigenvalue weighted by Crippen LogP contribution is 2.22. The molecule has 1 atom stereocenters. The van der Waals surface area contributed by atoms with Crippen LogP contribution in [0, 0.1) is 5.92 Å². The average molecular weight is 369 g/mol. The lowest BCUT2D eigenvalue weighted by Crippen LogP contribution is -2.41. The molecular weight excluding hydrogens is 344 g/mol. The van der Waals surface area contributed by atoms with Crippen LogP contribution in [0.3, 0.4) is 0 Å². The van der Waals surface area contributed by atoms with Crippen LogP contribution in [0.5, 0.6) is 0 Å². The monoisotopic (exact) mass is 368 g/mol. The van der Waals surface area contributed by atoms with Gasteiger partial charge in [-0.05, 0) is 12.3 Å². The minimum Gasteiger partial charge on any atom is -0.463 e. The number of furan rings is 1. The molecular formula is C14H25ClN2O5S. The average Bonchev–Trinajstić information content (AvgIpc) is 2.90. The zero-order valence-corrected chi connectivity index (χ0v) is 15.4. The number of carbonyl (C=O) groups excluding carboxylic acids is 1. The van der Waals surface area contributed by atoms with Gasteiger partial charge >= 0.3 is 5.97 Å². The van der Waals surface area contributed by atoms with Crippen LogP contribution in [-0.2, 0) is 21.2 Å². The number of ether oxygens (including phenoxy) is 1. The molecule has 1 heterocycles. The van der Waals surface area contributed by atoms with Crippen molar-refractivity contribution in [2.24, 2.45) is 11.7 Å². The van der Waals surface area contributed by atoms with E-state index in [0.29, 0.717) is 18.8 Å². The third kappa shape index (κ3) is 5.80. The second-order valence-electron chi connectivity index (χ2n) is 5.43. The number of rotatable bonds is 8. The Kier molecular flexibility index (Phi) is 8.83. The summed E-state index contributed by atoms with van der Waals surface area (Å²) in [4.78, 5) is 11.5. The molecule has 0 radical (unpaired) electrons. The summed E-state index contributed by atoms with van der Waals surface area (Å²) in [7, 11) is -2.61. The van der Waals surface area contributed by atoms with Crippen LogP contribution >= 0.6 is 12.4 Å². The van der Waals surface area contributed by atoms with E-state index < -0.39 is 16.0 Å². The van der Waals surface area contributed by atoms with Crippen LogP contribution in [0.2, 0.25) is 0 Å². The van der Waals surface area contributed by atoms with Crippen LogP contribution < -0.4 is 10.5 Å². The number of nitrogens with two attached hydrogens (primary N) is 1. The first-order valence-electron chi connectivity index (χ1n) is 7.18. The molecule has 134 valence electrons. The van der Waals surface area contributed by atoms with Gasteiger partial charge in [-0.1, -0.05) is 20.8 Å². The molecule has 7 nitrogen and oxygen atoms in total. The first-order valence-corrected chi connectivity index (χ1v) is 8.66. The van der Waals surface area contributed by atoms with Gasteiger partial charge in [0.15, 0.2) is 0 Å². The van der Waals surface area contributed by atoms with Crippen molar-refractivity contribution >= 4 is 28.4 Å². The van der Waals surface area contributed by atoms with Crippen molar-refractivity contribution in [3.05, 3.63) is 17.6 Å². The molecule has 0 saturated heterocycles. The fourth-order valence-electron chi connectivity index (χ4n) is 2.13. The zero-order chi connectivity index (χ0) is 16.9. The summed E-state index contributed by atoms with van der Waals surface area (Å²) in [6, 6.07) is 0.821. The molecule has 0 fully saturated rings. The van der Waals surface area contributed by atoms with Gasteiger partial charge in [0, 0.05) is 25.1 Å². The Morgan fingerprint density at radius 3 is 2.48 bits per heavy atom. The molecule has 0 spiro atoms. The predicted molar refractivity (Wildman–Crippen MR) is 89.3 cm³/mol. The number of esters is 1. The van der Waals surface area contributed by atoms with Crippen LogP contribution in [-0.4, -0.2) is 34.1 Å². The standard InChI is InChI=1S/C14H24N2O5S.ClH/c1-5-11-13(7-12(21-11)14(17)20-4)22(18,19)16-10(8-15)6-9(2)3;/h7,9-10,16H,5-6,8,15H2,1-4H3;1H. The highest BCUT2D eigenvalue weighted by Gasteiger charge is 2.27. The van der Waals surface area contributed by atoms with Crippen molar-refractivity contribution in [3.8, 4) is 0 Å². The van der Waals surface area contributed by atoms with Crippen LogP contribution in [0.4, 0.5) is 0 Å². The minimum atomic E-state index is -3.81. The second kappa shape index (κ2) is 9.27. The fourth-order valence-corrected chi connectivity index (χ4v) is 3.64. The lowest BCUT2D eigenvalue weighted by Gasteiger charge is -2.18. The van der Waals surface area contributed by atoms with Gasteiger partial charge in [-0.25, -0.2) is 17.9 Å². The molecule has 1 rings (SSSR count). The molecule has 9 heteroatoms. The maximum absolute atomic E-state index is 12.5. The Morgan fingerprint density at radius 2 is 2.04 bits per heavy atom. The van der Waals surface area contributed by atoms with Gasteiger partial charge < -0.3 is 14.9 Å². The highest BCUT2D eigenvalue weighted by atomic mass is 35.5. The van der Waals surface area contributed by atoms with Gasteiger partial charge in [-0.2, -0.15) is 0 Å². The van der Waals surface area contributed by atoms with Crippen molar-refractivity contribution in [1.82, 2.24) is 4.72 Å². The lowest BCUT2D eigenvalue weighted by atomic mass is 10.1. The molecule has 0 aromatic carbocycles. The number of methoxy groups -OCH3 is 1. The lowest BCUT2D eigenvalue weighted by molar-refractivity contribution is 0.0563. The van der Waals surface area contributed by atoms with E-state index in [-0.39, 0.29) is 41.4 Å². The number of aryl methyl sites for hydroxylation is 1. The summed E-state index contributed by atoms with van der Waals surface area (Å²) in [5, 5.41) is 0. The van der Waals surface area contributed by atoms with Gasteiger partial charge in [0.05, 0.1) is 7.11 Å². The first kappa shape index (κ1) is 21.9. The number of halogens is 1. The molecule has 1 unspecified atom stereocenters. The van der Waals surface area contributed by atoms with Crippen molar-refractivity contribution in [2.45, 2.75) is 44.6 Å². The van der Waals surface area contributed by atoms with E-state index in [0.717, 1.165) is 0 Å². The molecule has 0 saturated carbocycles. The van der Waals surface area contributed by atoms with Gasteiger partial charge in [0.1, 0.15) is 10.7 Å². The number of nitrogens with one attached hydrogen (secondary N) is 1. The summed E-state index contributed by atoms with van der Waals surface area (Å²) >= 11 is 0. The van der Waals surface area contributed by atoms with Gasteiger partial charge in [0.2, 0.25) is 15.8 Å². The first-order chi connectivity index (χ1) is 10.2. The number of hydrogen-bond acceptors (Lipinski definition) is 6. The van der Waals surface area contributed by atoms with E-state index in [2.05, 4.69) is 9.46 Å². The van der Waals surface area contributed by atoms with Gasteiger partial charge in [-0.15, -0.1) is 12.4 Å². The van der Waals surface area contributed by atoms with Gasteiger partial charge in [-0.3, -0.25) is 0 Å². The smallest absolute Gasteiger partial charge is 0.373 e. The summed E-state index contributed by atoms with van der Waals surface area (Å²) in [5.74, 6) is -0.327. The number of sulfonamides is 1. The molecule has 1 aromatic heterocycles. The second-order valence-corrected chi connectivity index (χ2v) is 7.11. The van der Waals surface area contributed by atoms with Crippen molar-refractivity contribution in [3.63, 3.8) is 0 Å². The SMILES string of the molecule is CCc1oc(C(=O)OC)cc1S(=O)(=O)NC(CN)CC(C)C.Cl. The third-order valence-corrected chi connectivity index (χ3v) is 4.70. The number of carbonyl (C=O) groups is 1. The Labute approximate surface area is 143 Å². The van der Waals surface area contributed by atoms with Crippen molar-refractivity contribution in [2.75, 3.05) is 13.7 Å². The summed E-state index contributed by atoms with van der Waals surface area (Å²) in [6.07, 6.45) is 0.962. The summed E-state index contributed by atoms with van der Waals surface area (Å²) in [5.41, 5.74) is 5.63. The molecule has 1 aromatic rings. The van der Waals surface area contributed by atoms with Crippen LogP contribution in [0.15, 0.2) is 15.4 Å². The quantitative estimate of drug-likeness (QED) is 0.675. The van der Waals surface area contributed by atoms with E-state index in [1.807, 2.05) is 13.8 Å².